The Kier molecular flexibility index (Phi) is 4.83. The summed E-state index contributed by atoms with van der Waals surface area (Å²) in [6.45, 7) is 1.44. The first-order chi connectivity index (χ1) is 13.2. The molecule has 0 saturated heterocycles. The molecule has 3 aromatic rings. The van der Waals surface area contributed by atoms with Gasteiger partial charge in [-0.25, -0.2) is 9.97 Å². The minimum Gasteiger partial charge on any atom is -0.336 e. The number of para-hydroxylation sites is 1. The highest BCUT2D eigenvalue weighted by atomic mass is 16.2. The van der Waals surface area contributed by atoms with Crippen molar-refractivity contribution in [2.75, 3.05) is 18.5 Å². The molecule has 0 unspecified atom stereocenters. The molecule has 1 aromatic heterocycles. The molecule has 5 nitrogen and oxygen atoms in total. The van der Waals surface area contributed by atoms with Crippen molar-refractivity contribution in [3.05, 3.63) is 83.8 Å². The molecule has 0 N–H and O–H groups in total. The topological polar surface area (TPSA) is 49.3 Å². The normalized spacial score (nSPS) is 13.1. The molecule has 0 atom stereocenters. The van der Waals surface area contributed by atoms with Gasteiger partial charge in [0.05, 0.1) is 0 Å². The Morgan fingerprint density at radius 3 is 2.70 bits per heavy atom. The highest BCUT2D eigenvalue weighted by molar-refractivity contribution is 5.93. The maximum atomic E-state index is 12.8. The monoisotopic (exact) mass is 358 g/mol. The van der Waals surface area contributed by atoms with E-state index in [9.17, 15) is 4.79 Å². The molecule has 5 heteroatoms. The van der Waals surface area contributed by atoms with Crippen molar-refractivity contribution in [3.63, 3.8) is 0 Å². The largest absolute Gasteiger partial charge is 0.336 e. The molecule has 4 rings (SSSR count). The molecule has 27 heavy (non-hydrogen) atoms. The first-order valence-electron chi connectivity index (χ1n) is 9.19. The maximum absolute atomic E-state index is 12.8. The summed E-state index contributed by atoms with van der Waals surface area (Å²) in [4.78, 5) is 25.4. The van der Waals surface area contributed by atoms with Gasteiger partial charge in [-0.3, -0.25) is 4.79 Å². The zero-order chi connectivity index (χ0) is 18.6. The second-order valence-electron chi connectivity index (χ2n) is 6.79. The average Bonchev–Trinajstić information content (AvgIpc) is 2.73. The fraction of sp³-hybridized carbons (Fsp3) is 0.227. The molecule has 0 bridgehead atoms. The predicted molar refractivity (Wildman–Crippen MR) is 106 cm³/mol. The molecule has 2 aromatic carbocycles. The van der Waals surface area contributed by atoms with Crippen molar-refractivity contribution >= 4 is 17.4 Å². The summed E-state index contributed by atoms with van der Waals surface area (Å²) >= 11 is 0. The number of fused-ring (bicyclic) bond motifs is 1. The Hall–Kier alpha value is -3.21. The Morgan fingerprint density at radius 2 is 1.85 bits per heavy atom. The van der Waals surface area contributed by atoms with Gasteiger partial charge in [0.1, 0.15) is 17.8 Å². The second-order valence-corrected chi connectivity index (χ2v) is 6.79. The first kappa shape index (κ1) is 17.2. The summed E-state index contributed by atoms with van der Waals surface area (Å²) < 4.78 is 0. The summed E-state index contributed by atoms with van der Waals surface area (Å²) in [5, 5.41) is 0. The van der Waals surface area contributed by atoms with Crippen LogP contribution in [0.4, 0.5) is 11.5 Å². The van der Waals surface area contributed by atoms with Crippen LogP contribution in [0.15, 0.2) is 67.0 Å². The summed E-state index contributed by atoms with van der Waals surface area (Å²) in [5.41, 5.74) is 3.99. The lowest BCUT2D eigenvalue weighted by Crippen LogP contribution is -2.29. The van der Waals surface area contributed by atoms with Gasteiger partial charge < -0.3 is 9.80 Å². The number of carbonyl (C=O) groups is 1. The third-order valence-electron chi connectivity index (χ3n) is 4.87. The minimum absolute atomic E-state index is 0.104. The zero-order valence-electron chi connectivity index (χ0n) is 15.4. The van der Waals surface area contributed by atoms with Crippen molar-refractivity contribution < 1.29 is 4.79 Å². The first-order valence-corrected chi connectivity index (χ1v) is 9.19. The lowest BCUT2D eigenvalue weighted by molar-refractivity contribution is 0.0779. The summed E-state index contributed by atoms with van der Waals surface area (Å²) in [7, 11) is 1.80. The van der Waals surface area contributed by atoms with Crippen LogP contribution < -0.4 is 4.90 Å². The van der Waals surface area contributed by atoms with Crippen molar-refractivity contribution in [1.29, 1.82) is 0 Å². The lowest BCUT2D eigenvalue weighted by Gasteiger charge is -2.30. The minimum atomic E-state index is -0.104. The van der Waals surface area contributed by atoms with Gasteiger partial charge in [0.15, 0.2) is 0 Å². The van der Waals surface area contributed by atoms with E-state index in [1.165, 1.54) is 17.6 Å². The Bertz CT molecular complexity index is 942. The molecule has 136 valence electrons. The number of nitrogens with zero attached hydrogens (tertiary/aromatic N) is 4. The fourth-order valence-electron chi connectivity index (χ4n) is 3.51. The number of anilines is 2. The van der Waals surface area contributed by atoms with Crippen LogP contribution in [0.1, 0.15) is 28.0 Å². The van der Waals surface area contributed by atoms with E-state index >= 15 is 0 Å². The Morgan fingerprint density at radius 1 is 1.07 bits per heavy atom. The van der Waals surface area contributed by atoms with Crippen LogP contribution in [0.2, 0.25) is 0 Å². The van der Waals surface area contributed by atoms with Gasteiger partial charge in [0, 0.05) is 31.9 Å². The molecule has 1 amide bonds. The maximum Gasteiger partial charge on any atom is 0.272 e. The Balaban J connectivity index is 1.57. The molecular weight excluding hydrogens is 336 g/mol. The van der Waals surface area contributed by atoms with Crippen LogP contribution in [-0.2, 0) is 13.0 Å². The molecule has 0 spiro atoms. The van der Waals surface area contributed by atoms with E-state index in [0.717, 1.165) is 30.8 Å². The summed E-state index contributed by atoms with van der Waals surface area (Å²) in [6.07, 6.45) is 3.62. The quantitative estimate of drug-likeness (QED) is 0.711. The number of aryl methyl sites for hydroxylation is 1. The van der Waals surface area contributed by atoms with Gasteiger partial charge >= 0.3 is 0 Å². The predicted octanol–water partition coefficient (Wildman–Crippen LogP) is 3.83. The number of amides is 1. The van der Waals surface area contributed by atoms with Crippen molar-refractivity contribution in [2.24, 2.45) is 0 Å². The zero-order valence-corrected chi connectivity index (χ0v) is 15.4. The average molecular weight is 358 g/mol. The Labute approximate surface area is 159 Å². The molecule has 2 heterocycles. The van der Waals surface area contributed by atoms with Crippen LogP contribution >= 0.6 is 0 Å². The van der Waals surface area contributed by atoms with Crippen LogP contribution in [0, 0.1) is 0 Å². The number of rotatable bonds is 4. The number of aromatic nitrogens is 2. The second kappa shape index (κ2) is 7.58. The third-order valence-corrected chi connectivity index (χ3v) is 4.87. The fourth-order valence-corrected chi connectivity index (χ4v) is 3.51. The van der Waals surface area contributed by atoms with Crippen molar-refractivity contribution in [1.82, 2.24) is 14.9 Å². The van der Waals surface area contributed by atoms with E-state index in [1.807, 2.05) is 36.4 Å². The number of hydrogen-bond donors (Lipinski definition) is 0. The summed E-state index contributed by atoms with van der Waals surface area (Å²) in [6, 6.07) is 20.1. The molecule has 1 aliphatic rings. The molecule has 0 aliphatic carbocycles. The van der Waals surface area contributed by atoms with E-state index < -0.39 is 0 Å². The van der Waals surface area contributed by atoms with Crippen LogP contribution in [0.5, 0.6) is 0 Å². The van der Waals surface area contributed by atoms with E-state index in [4.69, 9.17) is 0 Å². The van der Waals surface area contributed by atoms with Crippen molar-refractivity contribution in [3.8, 4) is 0 Å². The van der Waals surface area contributed by atoms with Crippen molar-refractivity contribution in [2.45, 2.75) is 19.4 Å². The third kappa shape index (κ3) is 3.67. The van der Waals surface area contributed by atoms with Gasteiger partial charge in [-0.15, -0.1) is 0 Å². The standard InChI is InChI=1S/C22H22N4O/c1-25(15-17-8-3-2-4-9-17)22(27)19-14-21(24-16-23-19)26-13-7-11-18-10-5-6-12-20(18)26/h2-6,8-10,12,14,16H,7,11,13,15H2,1H3. The van der Waals surface area contributed by atoms with E-state index in [1.54, 1.807) is 18.0 Å². The summed E-state index contributed by atoms with van der Waals surface area (Å²) in [5.74, 6) is 0.668. The SMILES string of the molecule is CN(Cc1ccccc1)C(=O)c1cc(N2CCCc3ccccc32)ncn1. The lowest BCUT2D eigenvalue weighted by atomic mass is 10.0. The molecule has 0 fully saturated rings. The van der Waals surface area contributed by atoms with Gasteiger partial charge in [-0.2, -0.15) is 0 Å². The van der Waals surface area contributed by atoms with Gasteiger partial charge in [0.25, 0.3) is 5.91 Å². The van der Waals surface area contributed by atoms with Gasteiger partial charge in [-0.05, 0) is 30.0 Å². The number of hydrogen-bond acceptors (Lipinski definition) is 4. The van der Waals surface area contributed by atoms with Crippen LogP contribution in [0.25, 0.3) is 0 Å². The molecular formula is C22H22N4O. The highest BCUT2D eigenvalue weighted by Gasteiger charge is 2.21. The molecule has 1 aliphatic heterocycles. The van der Waals surface area contributed by atoms with E-state index in [-0.39, 0.29) is 5.91 Å². The van der Waals surface area contributed by atoms with Crippen LogP contribution in [0.3, 0.4) is 0 Å². The van der Waals surface area contributed by atoms with E-state index in [2.05, 4.69) is 33.1 Å². The van der Waals surface area contributed by atoms with E-state index in [0.29, 0.717) is 12.2 Å². The van der Waals surface area contributed by atoms with Gasteiger partial charge in [0.2, 0.25) is 0 Å². The molecule has 0 saturated carbocycles. The van der Waals surface area contributed by atoms with Crippen LogP contribution in [-0.4, -0.2) is 34.4 Å². The number of carbonyl (C=O) groups excluding carboxylic acids is 1. The molecule has 0 radical (unpaired) electrons. The smallest absolute Gasteiger partial charge is 0.272 e. The highest BCUT2D eigenvalue weighted by Crippen LogP contribution is 2.32. The number of benzene rings is 2. The van der Waals surface area contributed by atoms with Gasteiger partial charge in [-0.1, -0.05) is 48.5 Å².